The van der Waals surface area contributed by atoms with E-state index in [9.17, 15) is 18.0 Å². The number of amides is 1. The summed E-state index contributed by atoms with van der Waals surface area (Å²) in [6, 6.07) is 10.1. The lowest BCUT2D eigenvalue weighted by Gasteiger charge is -2.25. The Balaban J connectivity index is 1.51. The predicted molar refractivity (Wildman–Crippen MR) is 111 cm³/mol. The van der Waals surface area contributed by atoms with Crippen LogP contribution in [0.1, 0.15) is 4.88 Å². The molecule has 2 aromatic rings. The minimum atomic E-state index is -3.59. The normalized spacial score (nSPS) is 15.1. The third kappa shape index (κ3) is 5.86. The second kappa shape index (κ2) is 9.81. The molecule has 1 saturated heterocycles. The molecule has 0 radical (unpaired) electrons. The van der Waals surface area contributed by atoms with Crippen LogP contribution in [0.3, 0.4) is 0 Å². The van der Waals surface area contributed by atoms with Crippen LogP contribution in [0, 0.1) is 0 Å². The molecule has 156 valence electrons. The molecular weight excluding hydrogens is 484 g/mol. The van der Waals surface area contributed by atoms with Crippen molar-refractivity contribution in [2.45, 2.75) is 10.6 Å². The zero-order chi connectivity index (χ0) is 20.9. The number of ether oxygens (including phenoxy) is 2. The summed E-state index contributed by atoms with van der Waals surface area (Å²) < 4.78 is 37.7. The van der Waals surface area contributed by atoms with Crippen molar-refractivity contribution in [1.82, 2.24) is 4.31 Å². The van der Waals surface area contributed by atoms with Gasteiger partial charge in [-0.2, -0.15) is 4.31 Å². The van der Waals surface area contributed by atoms with E-state index in [-0.39, 0.29) is 10.6 Å². The molecule has 0 atom stereocenters. The smallest absolute Gasteiger partial charge is 0.311 e. The number of hydrogen-bond acceptors (Lipinski definition) is 7. The Kier molecular flexibility index (Phi) is 7.41. The van der Waals surface area contributed by atoms with Gasteiger partial charge < -0.3 is 14.8 Å². The summed E-state index contributed by atoms with van der Waals surface area (Å²) in [5.41, 5.74) is 0.574. The van der Waals surface area contributed by atoms with E-state index in [2.05, 4.69) is 21.2 Å². The number of morpholine rings is 1. The van der Waals surface area contributed by atoms with Gasteiger partial charge in [-0.15, -0.1) is 11.3 Å². The average Bonchev–Trinajstić information content (AvgIpc) is 3.18. The zero-order valence-corrected chi connectivity index (χ0v) is 18.5. The van der Waals surface area contributed by atoms with E-state index in [1.807, 2.05) is 6.07 Å². The monoisotopic (exact) mass is 502 g/mol. The van der Waals surface area contributed by atoms with Crippen LogP contribution in [0.2, 0.25) is 0 Å². The molecule has 0 saturated carbocycles. The highest BCUT2D eigenvalue weighted by atomic mass is 79.9. The predicted octanol–water partition coefficient (Wildman–Crippen LogP) is 2.26. The van der Waals surface area contributed by atoms with Crippen molar-refractivity contribution in [3.63, 3.8) is 0 Å². The van der Waals surface area contributed by atoms with Crippen molar-refractivity contribution in [2.75, 3.05) is 38.2 Å². The molecule has 0 aliphatic carbocycles. The number of anilines is 1. The highest BCUT2D eigenvalue weighted by molar-refractivity contribution is 9.10. The number of thiophene rings is 1. The molecule has 3 rings (SSSR count). The number of para-hydroxylation sites is 1. The third-order valence-electron chi connectivity index (χ3n) is 4.03. The summed E-state index contributed by atoms with van der Waals surface area (Å²) in [6.45, 7) is 0.926. The van der Waals surface area contributed by atoms with Crippen LogP contribution in [0.15, 0.2) is 45.1 Å². The fourth-order valence-corrected chi connectivity index (χ4v) is 5.88. The number of hydrogen-bond donors (Lipinski definition) is 1. The van der Waals surface area contributed by atoms with Gasteiger partial charge in [0.2, 0.25) is 0 Å². The molecule has 1 fully saturated rings. The Hall–Kier alpha value is -1.79. The maximum atomic E-state index is 12.6. The first-order valence-corrected chi connectivity index (χ1v) is 11.8. The van der Waals surface area contributed by atoms with Gasteiger partial charge in [-0.05, 0) is 40.2 Å². The minimum Gasteiger partial charge on any atom is -0.455 e. The van der Waals surface area contributed by atoms with E-state index in [4.69, 9.17) is 9.47 Å². The Morgan fingerprint density at radius 1 is 1.17 bits per heavy atom. The largest absolute Gasteiger partial charge is 0.455 e. The number of benzene rings is 1. The summed E-state index contributed by atoms with van der Waals surface area (Å²) >= 11 is 4.34. The molecule has 0 unspecified atom stereocenters. The van der Waals surface area contributed by atoms with Crippen LogP contribution >= 0.6 is 27.3 Å². The van der Waals surface area contributed by atoms with Gasteiger partial charge in [0.05, 0.1) is 25.3 Å². The molecule has 1 aromatic heterocycles. The van der Waals surface area contributed by atoms with E-state index in [0.717, 1.165) is 11.3 Å². The van der Waals surface area contributed by atoms with Crippen LogP contribution in [0.5, 0.6) is 0 Å². The lowest BCUT2D eigenvalue weighted by molar-refractivity contribution is -0.146. The molecular formula is C18H19BrN2O6S2. The van der Waals surface area contributed by atoms with Crippen LogP contribution in [0.4, 0.5) is 5.69 Å². The Labute approximate surface area is 181 Å². The number of halogens is 1. The summed E-state index contributed by atoms with van der Waals surface area (Å²) in [6.07, 6.45) is -0.106. The first-order valence-electron chi connectivity index (χ1n) is 8.73. The van der Waals surface area contributed by atoms with Gasteiger partial charge in [-0.25, -0.2) is 8.42 Å². The molecule has 29 heavy (non-hydrogen) atoms. The van der Waals surface area contributed by atoms with Crippen molar-refractivity contribution in [2.24, 2.45) is 0 Å². The summed E-state index contributed by atoms with van der Waals surface area (Å²) in [5.74, 6) is -1.07. The van der Waals surface area contributed by atoms with Crippen LogP contribution < -0.4 is 5.32 Å². The van der Waals surface area contributed by atoms with Crippen molar-refractivity contribution in [1.29, 1.82) is 0 Å². The van der Waals surface area contributed by atoms with E-state index in [1.54, 1.807) is 24.3 Å². The first-order chi connectivity index (χ1) is 13.9. The molecule has 0 spiro atoms. The van der Waals surface area contributed by atoms with Crippen molar-refractivity contribution in [3.05, 3.63) is 45.7 Å². The minimum absolute atomic E-state index is 0.106. The number of sulfonamides is 1. The first kappa shape index (κ1) is 21.9. The molecule has 2 heterocycles. The number of nitrogens with one attached hydrogen (secondary N) is 1. The average molecular weight is 503 g/mol. The molecule has 1 amide bonds. The maximum Gasteiger partial charge on any atom is 0.311 e. The van der Waals surface area contributed by atoms with Gasteiger partial charge >= 0.3 is 5.97 Å². The quantitative estimate of drug-likeness (QED) is 0.582. The SMILES string of the molecule is O=C(COC(=O)Cc1ccc(S(=O)(=O)N2CCOCC2)s1)Nc1ccccc1Br. The fourth-order valence-electron chi connectivity index (χ4n) is 2.59. The van der Waals surface area contributed by atoms with Crippen LogP contribution in [-0.2, 0) is 35.5 Å². The molecule has 1 aliphatic rings. The van der Waals surface area contributed by atoms with Crippen molar-refractivity contribution < 1.29 is 27.5 Å². The highest BCUT2D eigenvalue weighted by Crippen LogP contribution is 2.26. The van der Waals surface area contributed by atoms with Crippen molar-refractivity contribution in [3.8, 4) is 0 Å². The number of carbonyl (C=O) groups excluding carboxylic acids is 2. The van der Waals surface area contributed by atoms with E-state index >= 15 is 0 Å². The molecule has 11 heteroatoms. The summed E-state index contributed by atoms with van der Waals surface area (Å²) in [5, 5.41) is 2.63. The van der Waals surface area contributed by atoms with Crippen LogP contribution in [0.25, 0.3) is 0 Å². The number of rotatable bonds is 7. The molecule has 1 aliphatic heterocycles. The maximum absolute atomic E-state index is 12.6. The Bertz CT molecular complexity index is 986. The molecule has 1 aromatic carbocycles. The van der Waals surface area contributed by atoms with Gasteiger partial charge in [0.15, 0.2) is 6.61 Å². The van der Waals surface area contributed by atoms with Gasteiger partial charge in [-0.3, -0.25) is 9.59 Å². The second-order valence-corrected chi connectivity index (χ2v) is 10.3. The highest BCUT2D eigenvalue weighted by Gasteiger charge is 2.28. The van der Waals surface area contributed by atoms with E-state index in [0.29, 0.717) is 41.3 Å². The summed E-state index contributed by atoms with van der Waals surface area (Å²) in [7, 11) is -3.59. The molecule has 1 N–H and O–H groups in total. The van der Waals surface area contributed by atoms with Crippen molar-refractivity contribution >= 4 is 54.9 Å². The van der Waals surface area contributed by atoms with Gasteiger partial charge in [0.25, 0.3) is 15.9 Å². The number of esters is 1. The standard InChI is InChI=1S/C18H19BrN2O6S2/c19-14-3-1-2-4-15(14)20-16(22)12-27-17(23)11-13-5-6-18(28-13)29(24,25)21-7-9-26-10-8-21/h1-6H,7-12H2,(H,20,22). The topological polar surface area (TPSA) is 102 Å². The van der Waals surface area contributed by atoms with E-state index in [1.165, 1.54) is 10.4 Å². The van der Waals surface area contributed by atoms with E-state index < -0.39 is 28.5 Å². The number of carbonyl (C=O) groups is 2. The molecule has 8 nitrogen and oxygen atoms in total. The summed E-state index contributed by atoms with van der Waals surface area (Å²) in [4.78, 5) is 24.5. The molecule has 0 bridgehead atoms. The zero-order valence-electron chi connectivity index (χ0n) is 15.3. The van der Waals surface area contributed by atoms with Gasteiger partial charge in [0.1, 0.15) is 4.21 Å². The second-order valence-electron chi connectivity index (χ2n) is 6.10. The Morgan fingerprint density at radius 2 is 1.90 bits per heavy atom. The lowest BCUT2D eigenvalue weighted by atomic mass is 10.3. The van der Waals surface area contributed by atoms with Crippen LogP contribution in [-0.4, -0.2) is 57.5 Å². The lowest BCUT2D eigenvalue weighted by Crippen LogP contribution is -2.40. The van der Waals surface area contributed by atoms with Gasteiger partial charge in [-0.1, -0.05) is 12.1 Å². The number of nitrogens with zero attached hydrogens (tertiary/aromatic N) is 1. The van der Waals surface area contributed by atoms with Gasteiger partial charge in [0, 0.05) is 22.4 Å². The Morgan fingerprint density at radius 3 is 2.62 bits per heavy atom. The fraction of sp³-hybridized carbons (Fsp3) is 0.333. The third-order valence-corrected chi connectivity index (χ3v) is 8.17.